The molecule has 0 heterocycles. The summed E-state index contributed by atoms with van der Waals surface area (Å²) in [6.45, 7) is 1.88. The third-order valence-electron chi connectivity index (χ3n) is 1.88. The standard InChI is InChI=1S/C10H11NO3/c1-7-4-3-5-8(6-7)11(2)9(12)10(13)14/h3-6H,1-2H3,(H,13,14). The van der Waals surface area contributed by atoms with Gasteiger partial charge in [-0.25, -0.2) is 4.79 Å². The van der Waals surface area contributed by atoms with Crippen molar-refractivity contribution in [2.45, 2.75) is 6.92 Å². The molecule has 14 heavy (non-hydrogen) atoms. The molecule has 4 nitrogen and oxygen atoms in total. The van der Waals surface area contributed by atoms with Crippen LogP contribution < -0.4 is 4.90 Å². The van der Waals surface area contributed by atoms with Gasteiger partial charge in [0, 0.05) is 12.7 Å². The number of rotatable bonds is 1. The van der Waals surface area contributed by atoms with Gasteiger partial charge in [0.05, 0.1) is 0 Å². The predicted octanol–water partition coefficient (Wildman–Crippen LogP) is 1.04. The van der Waals surface area contributed by atoms with Crippen molar-refractivity contribution in [2.24, 2.45) is 0 Å². The van der Waals surface area contributed by atoms with Crippen LogP contribution in [-0.2, 0) is 9.59 Å². The van der Waals surface area contributed by atoms with E-state index < -0.39 is 11.9 Å². The molecule has 1 N–H and O–H groups in total. The Kier molecular flexibility index (Phi) is 2.86. The van der Waals surface area contributed by atoms with E-state index in [4.69, 9.17) is 5.11 Å². The van der Waals surface area contributed by atoms with E-state index in [2.05, 4.69) is 0 Å². The number of nitrogens with zero attached hydrogens (tertiary/aromatic N) is 1. The average Bonchev–Trinajstić information content (AvgIpc) is 2.15. The molecule has 0 spiro atoms. The van der Waals surface area contributed by atoms with Gasteiger partial charge in [-0.1, -0.05) is 12.1 Å². The van der Waals surface area contributed by atoms with Crippen LogP contribution in [-0.4, -0.2) is 24.0 Å². The number of hydrogen-bond donors (Lipinski definition) is 1. The Bertz CT molecular complexity index is 373. The summed E-state index contributed by atoms with van der Waals surface area (Å²) in [6.07, 6.45) is 0. The van der Waals surface area contributed by atoms with Crippen LogP contribution in [0.5, 0.6) is 0 Å². The number of amides is 1. The summed E-state index contributed by atoms with van der Waals surface area (Å²) >= 11 is 0. The highest BCUT2D eigenvalue weighted by Gasteiger charge is 2.18. The van der Waals surface area contributed by atoms with E-state index in [0.717, 1.165) is 10.5 Å². The number of carbonyl (C=O) groups is 2. The molecule has 0 aromatic heterocycles. The van der Waals surface area contributed by atoms with Gasteiger partial charge in [0.2, 0.25) is 0 Å². The lowest BCUT2D eigenvalue weighted by Gasteiger charge is -2.14. The van der Waals surface area contributed by atoms with E-state index in [1.165, 1.54) is 7.05 Å². The third kappa shape index (κ3) is 2.10. The van der Waals surface area contributed by atoms with E-state index in [1.807, 2.05) is 13.0 Å². The smallest absolute Gasteiger partial charge is 0.394 e. The van der Waals surface area contributed by atoms with Crippen LogP contribution in [0, 0.1) is 6.92 Å². The van der Waals surface area contributed by atoms with Gasteiger partial charge in [0.25, 0.3) is 0 Å². The van der Waals surface area contributed by atoms with E-state index in [1.54, 1.807) is 18.2 Å². The van der Waals surface area contributed by atoms with E-state index in [9.17, 15) is 9.59 Å². The number of aryl methyl sites for hydroxylation is 1. The van der Waals surface area contributed by atoms with Crippen molar-refractivity contribution in [2.75, 3.05) is 11.9 Å². The first-order chi connectivity index (χ1) is 6.52. The maximum Gasteiger partial charge on any atom is 0.394 e. The highest BCUT2D eigenvalue weighted by molar-refractivity contribution is 6.37. The normalized spacial score (nSPS) is 9.57. The fourth-order valence-corrected chi connectivity index (χ4v) is 1.10. The lowest BCUT2D eigenvalue weighted by Crippen LogP contribution is -2.32. The third-order valence-corrected chi connectivity index (χ3v) is 1.88. The van der Waals surface area contributed by atoms with Crippen LogP contribution in [0.15, 0.2) is 24.3 Å². The zero-order valence-corrected chi connectivity index (χ0v) is 8.02. The van der Waals surface area contributed by atoms with Gasteiger partial charge in [0.1, 0.15) is 0 Å². The van der Waals surface area contributed by atoms with Crippen molar-refractivity contribution in [3.05, 3.63) is 29.8 Å². The summed E-state index contributed by atoms with van der Waals surface area (Å²) in [5.41, 5.74) is 1.56. The molecule has 74 valence electrons. The number of carbonyl (C=O) groups excluding carboxylic acids is 1. The largest absolute Gasteiger partial charge is 0.474 e. The van der Waals surface area contributed by atoms with Crippen LogP contribution >= 0.6 is 0 Å². The molecule has 1 aromatic carbocycles. The molecule has 0 aliphatic carbocycles. The summed E-state index contributed by atoms with van der Waals surface area (Å²) in [6, 6.07) is 7.09. The molecule has 0 saturated heterocycles. The molecule has 4 heteroatoms. The lowest BCUT2D eigenvalue weighted by molar-refractivity contribution is -0.148. The fraction of sp³-hybridized carbons (Fsp3) is 0.200. The van der Waals surface area contributed by atoms with Crippen LogP contribution in [0.3, 0.4) is 0 Å². The molecule has 1 rings (SSSR count). The number of likely N-dealkylation sites (N-methyl/N-ethyl adjacent to an activating group) is 1. The van der Waals surface area contributed by atoms with Crippen molar-refractivity contribution in [3.8, 4) is 0 Å². The SMILES string of the molecule is Cc1cccc(N(C)C(=O)C(=O)O)c1. The molecule has 1 amide bonds. The first-order valence-electron chi connectivity index (χ1n) is 4.10. The maximum atomic E-state index is 11.1. The van der Waals surface area contributed by atoms with Gasteiger partial charge in [-0.05, 0) is 24.6 Å². The van der Waals surface area contributed by atoms with Crippen molar-refractivity contribution < 1.29 is 14.7 Å². The number of carboxylic acid groups (broad SMARTS) is 1. The van der Waals surface area contributed by atoms with Gasteiger partial charge >= 0.3 is 11.9 Å². The molecule has 1 aromatic rings. The molecule has 0 saturated carbocycles. The second kappa shape index (κ2) is 3.91. The molecule has 0 bridgehead atoms. The highest BCUT2D eigenvalue weighted by atomic mass is 16.4. The van der Waals surface area contributed by atoms with Crippen LogP contribution in [0.25, 0.3) is 0 Å². The summed E-state index contributed by atoms with van der Waals surface area (Å²) in [5, 5.41) is 8.49. The Hall–Kier alpha value is -1.84. The van der Waals surface area contributed by atoms with Crippen LogP contribution in [0.4, 0.5) is 5.69 Å². The topological polar surface area (TPSA) is 57.6 Å². The number of carboxylic acids is 1. The highest BCUT2D eigenvalue weighted by Crippen LogP contribution is 2.14. The van der Waals surface area contributed by atoms with Gasteiger partial charge in [0.15, 0.2) is 0 Å². The van der Waals surface area contributed by atoms with Gasteiger partial charge < -0.3 is 10.0 Å². The zero-order chi connectivity index (χ0) is 10.7. The first-order valence-corrected chi connectivity index (χ1v) is 4.10. The molecule has 0 aliphatic rings. The Morgan fingerprint density at radius 1 is 1.36 bits per heavy atom. The summed E-state index contributed by atoms with van der Waals surface area (Å²) in [5.74, 6) is -2.38. The van der Waals surface area contributed by atoms with Crippen molar-refractivity contribution >= 4 is 17.6 Å². The molecule has 0 fully saturated rings. The summed E-state index contributed by atoms with van der Waals surface area (Å²) in [4.78, 5) is 22.6. The quantitative estimate of drug-likeness (QED) is 0.678. The number of benzene rings is 1. The summed E-state index contributed by atoms with van der Waals surface area (Å²) in [7, 11) is 1.44. The van der Waals surface area contributed by atoms with E-state index >= 15 is 0 Å². The van der Waals surface area contributed by atoms with E-state index in [0.29, 0.717) is 5.69 Å². The van der Waals surface area contributed by atoms with Crippen LogP contribution in [0.2, 0.25) is 0 Å². The fourth-order valence-electron chi connectivity index (χ4n) is 1.10. The Morgan fingerprint density at radius 2 is 2.00 bits per heavy atom. The average molecular weight is 193 g/mol. The second-order valence-corrected chi connectivity index (χ2v) is 3.01. The van der Waals surface area contributed by atoms with Gasteiger partial charge in [-0.2, -0.15) is 0 Å². The minimum atomic E-state index is -1.45. The minimum Gasteiger partial charge on any atom is -0.474 e. The first kappa shape index (κ1) is 10.2. The molecule has 0 radical (unpaired) electrons. The lowest BCUT2D eigenvalue weighted by atomic mass is 10.2. The second-order valence-electron chi connectivity index (χ2n) is 3.01. The van der Waals surface area contributed by atoms with Gasteiger partial charge in [-0.3, -0.25) is 4.79 Å². The molecular weight excluding hydrogens is 182 g/mol. The van der Waals surface area contributed by atoms with Crippen LogP contribution in [0.1, 0.15) is 5.56 Å². The number of anilines is 1. The zero-order valence-electron chi connectivity index (χ0n) is 8.02. The van der Waals surface area contributed by atoms with Crippen molar-refractivity contribution in [1.29, 1.82) is 0 Å². The molecule has 0 unspecified atom stereocenters. The Labute approximate surface area is 81.8 Å². The monoisotopic (exact) mass is 193 g/mol. The van der Waals surface area contributed by atoms with Gasteiger partial charge in [-0.15, -0.1) is 0 Å². The van der Waals surface area contributed by atoms with E-state index in [-0.39, 0.29) is 0 Å². The minimum absolute atomic E-state index is 0.581. The Balaban J connectivity index is 2.95. The van der Waals surface area contributed by atoms with Crippen molar-refractivity contribution in [1.82, 2.24) is 0 Å². The van der Waals surface area contributed by atoms with Crippen molar-refractivity contribution in [3.63, 3.8) is 0 Å². The number of aliphatic carboxylic acids is 1. The number of hydrogen-bond acceptors (Lipinski definition) is 2. The Morgan fingerprint density at radius 3 is 2.50 bits per heavy atom. The maximum absolute atomic E-state index is 11.1. The summed E-state index contributed by atoms with van der Waals surface area (Å²) < 4.78 is 0. The molecule has 0 atom stereocenters. The predicted molar refractivity (Wildman–Crippen MR) is 52.2 cm³/mol. The molecular formula is C10H11NO3. The molecule has 0 aliphatic heterocycles.